The molecule has 2 nitrogen and oxygen atoms in total. The second kappa shape index (κ2) is 7.26. The van der Waals surface area contributed by atoms with E-state index in [2.05, 4.69) is 57.5 Å². The molecule has 1 aromatic carbocycles. The minimum atomic E-state index is 0.744. The zero-order chi connectivity index (χ0) is 14.7. The minimum absolute atomic E-state index is 0.744. The number of benzene rings is 1. The molecule has 0 unspecified atom stereocenters. The lowest BCUT2D eigenvalue weighted by Crippen LogP contribution is -2.41. The highest BCUT2D eigenvalue weighted by Crippen LogP contribution is 2.40. The smallest absolute Gasteiger partial charge is 0.0210 e. The Labute approximate surface area is 137 Å². The molecule has 1 saturated heterocycles. The standard InChI is InChI=1S/C18H27BrN2/c1-21-10-7-14(8-11-21)6-9-20-16-12-15(13-16)17-4-2-3-5-18(17)19/h2-5,14-16,20H,6-13H2,1H3. The molecule has 1 aliphatic heterocycles. The fourth-order valence-corrected chi connectivity index (χ4v) is 4.30. The number of nitrogens with zero attached hydrogens (tertiary/aromatic N) is 1. The first-order valence-corrected chi connectivity index (χ1v) is 9.18. The summed E-state index contributed by atoms with van der Waals surface area (Å²) in [5, 5.41) is 3.77. The van der Waals surface area contributed by atoms with E-state index in [-0.39, 0.29) is 0 Å². The van der Waals surface area contributed by atoms with Crippen LogP contribution in [0.2, 0.25) is 0 Å². The van der Waals surface area contributed by atoms with Crippen molar-refractivity contribution in [2.24, 2.45) is 5.92 Å². The molecule has 0 aromatic heterocycles. The molecule has 0 atom stereocenters. The van der Waals surface area contributed by atoms with Gasteiger partial charge in [0.15, 0.2) is 0 Å². The van der Waals surface area contributed by atoms with E-state index in [1.54, 1.807) is 0 Å². The summed E-state index contributed by atoms with van der Waals surface area (Å²) in [5.41, 5.74) is 1.49. The van der Waals surface area contributed by atoms with Gasteiger partial charge in [-0.25, -0.2) is 0 Å². The summed E-state index contributed by atoms with van der Waals surface area (Å²) in [7, 11) is 2.24. The molecule has 1 aliphatic carbocycles. The second-order valence-corrected chi connectivity index (χ2v) is 7.73. The Bertz CT molecular complexity index is 448. The molecule has 2 aliphatic rings. The van der Waals surface area contributed by atoms with Gasteiger partial charge < -0.3 is 10.2 Å². The SMILES string of the molecule is CN1CCC(CCNC2CC(c3ccccc3Br)C2)CC1. The van der Waals surface area contributed by atoms with Gasteiger partial charge in [-0.2, -0.15) is 0 Å². The maximum absolute atomic E-state index is 3.77. The lowest BCUT2D eigenvalue weighted by molar-refractivity contribution is 0.205. The normalized spacial score (nSPS) is 27.5. The lowest BCUT2D eigenvalue weighted by atomic mass is 9.76. The molecular formula is C18H27BrN2. The topological polar surface area (TPSA) is 15.3 Å². The number of hydrogen-bond acceptors (Lipinski definition) is 2. The third-order valence-electron chi connectivity index (χ3n) is 5.31. The highest BCUT2D eigenvalue weighted by Gasteiger charge is 2.30. The van der Waals surface area contributed by atoms with Crippen LogP contribution in [-0.4, -0.2) is 37.6 Å². The average molecular weight is 351 g/mol. The predicted octanol–water partition coefficient (Wildman–Crippen LogP) is 4.02. The van der Waals surface area contributed by atoms with Gasteiger partial charge in [0.2, 0.25) is 0 Å². The number of piperidine rings is 1. The molecule has 116 valence electrons. The van der Waals surface area contributed by atoms with Crippen molar-refractivity contribution in [2.75, 3.05) is 26.7 Å². The van der Waals surface area contributed by atoms with Crippen LogP contribution in [0.25, 0.3) is 0 Å². The molecule has 0 radical (unpaired) electrons. The van der Waals surface area contributed by atoms with Crippen LogP contribution in [0.5, 0.6) is 0 Å². The van der Waals surface area contributed by atoms with Crippen molar-refractivity contribution in [3.05, 3.63) is 34.3 Å². The first-order chi connectivity index (χ1) is 10.2. The Hall–Kier alpha value is -0.380. The Kier molecular flexibility index (Phi) is 5.36. The minimum Gasteiger partial charge on any atom is -0.314 e. The third-order valence-corrected chi connectivity index (χ3v) is 6.03. The number of halogens is 1. The van der Waals surface area contributed by atoms with E-state index in [9.17, 15) is 0 Å². The van der Waals surface area contributed by atoms with Crippen LogP contribution in [0.3, 0.4) is 0 Å². The van der Waals surface area contributed by atoms with Crippen molar-refractivity contribution in [3.8, 4) is 0 Å². The van der Waals surface area contributed by atoms with Gasteiger partial charge in [0.25, 0.3) is 0 Å². The van der Waals surface area contributed by atoms with Gasteiger partial charge in [0, 0.05) is 10.5 Å². The van der Waals surface area contributed by atoms with Crippen LogP contribution < -0.4 is 5.32 Å². The molecule has 0 amide bonds. The van der Waals surface area contributed by atoms with Crippen molar-refractivity contribution in [1.29, 1.82) is 0 Å². The van der Waals surface area contributed by atoms with Gasteiger partial charge in [-0.1, -0.05) is 34.1 Å². The zero-order valence-electron chi connectivity index (χ0n) is 13.0. The van der Waals surface area contributed by atoms with Crippen molar-refractivity contribution in [3.63, 3.8) is 0 Å². The van der Waals surface area contributed by atoms with Gasteiger partial charge in [-0.15, -0.1) is 0 Å². The van der Waals surface area contributed by atoms with Crippen LogP contribution in [0.1, 0.15) is 43.6 Å². The highest BCUT2D eigenvalue weighted by atomic mass is 79.9. The van der Waals surface area contributed by atoms with Crippen LogP contribution in [0, 0.1) is 5.92 Å². The maximum Gasteiger partial charge on any atom is 0.0210 e. The lowest BCUT2D eigenvalue weighted by Gasteiger charge is -2.37. The van der Waals surface area contributed by atoms with E-state index < -0.39 is 0 Å². The number of hydrogen-bond donors (Lipinski definition) is 1. The molecule has 1 heterocycles. The number of rotatable bonds is 5. The number of nitrogens with one attached hydrogen (secondary N) is 1. The summed E-state index contributed by atoms with van der Waals surface area (Å²) in [6, 6.07) is 9.43. The summed E-state index contributed by atoms with van der Waals surface area (Å²) < 4.78 is 1.28. The first kappa shape index (κ1) is 15.5. The molecule has 0 spiro atoms. The van der Waals surface area contributed by atoms with Crippen molar-refractivity contribution in [1.82, 2.24) is 10.2 Å². The first-order valence-electron chi connectivity index (χ1n) is 8.38. The van der Waals surface area contributed by atoms with E-state index in [1.807, 2.05) is 0 Å². The monoisotopic (exact) mass is 350 g/mol. The van der Waals surface area contributed by atoms with E-state index in [0.29, 0.717) is 0 Å². The molecule has 2 fully saturated rings. The van der Waals surface area contributed by atoms with Gasteiger partial charge >= 0.3 is 0 Å². The van der Waals surface area contributed by atoms with E-state index in [1.165, 1.54) is 61.8 Å². The molecule has 1 N–H and O–H groups in total. The van der Waals surface area contributed by atoms with Crippen LogP contribution in [0.4, 0.5) is 0 Å². The number of likely N-dealkylation sites (tertiary alicyclic amines) is 1. The fourth-order valence-electron chi connectivity index (χ4n) is 3.69. The van der Waals surface area contributed by atoms with Crippen LogP contribution in [-0.2, 0) is 0 Å². The molecule has 3 rings (SSSR count). The van der Waals surface area contributed by atoms with E-state index in [4.69, 9.17) is 0 Å². The van der Waals surface area contributed by atoms with Gasteiger partial charge in [-0.3, -0.25) is 0 Å². The summed E-state index contributed by atoms with van der Waals surface area (Å²) in [6.07, 6.45) is 6.75. The second-order valence-electron chi connectivity index (χ2n) is 6.88. The summed E-state index contributed by atoms with van der Waals surface area (Å²) in [4.78, 5) is 2.46. The molecule has 0 bridgehead atoms. The highest BCUT2D eigenvalue weighted by molar-refractivity contribution is 9.10. The predicted molar refractivity (Wildman–Crippen MR) is 92.7 cm³/mol. The molecular weight excluding hydrogens is 324 g/mol. The Morgan fingerprint density at radius 2 is 1.90 bits per heavy atom. The van der Waals surface area contributed by atoms with Gasteiger partial charge in [0.05, 0.1) is 0 Å². The summed E-state index contributed by atoms with van der Waals surface area (Å²) in [6.45, 7) is 3.79. The van der Waals surface area contributed by atoms with E-state index in [0.717, 1.165) is 17.9 Å². The van der Waals surface area contributed by atoms with Crippen molar-refractivity contribution < 1.29 is 0 Å². The fraction of sp³-hybridized carbons (Fsp3) is 0.667. The van der Waals surface area contributed by atoms with Crippen LogP contribution in [0.15, 0.2) is 28.7 Å². The molecule has 21 heavy (non-hydrogen) atoms. The summed E-state index contributed by atoms with van der Waals surface area (Å²) >= 11 is 3.68. The average Bonchev–Trinajstić information content (AvgIpc) is 2.45. The Balaban J connectivity index is 1.33. The van der Waals surface area contributed by atoms with Crippen LogP contribution >= 0.6 is 15.9 Å². The third kappa shape index (κ3) is 4.08. The maximum atomic E-state index is 3.77. The Morgan fingerprint density at radius 3 is 2.62 bits per heavy atom. The van der Waals surface area contributed by atoms with Gasteiger partial charge in [-0.05, 0) is 82.3 Å². The van der Waals surface area contributed by atoms with Gasteiger partial charge in [0.1, 0.15) is 0 Å². The zero-order valence-corrected chi connectivity index (χ0v) is 14.6. The van der Waals surface area contributed by atoms with Crippen molar-refractivity contribution >= 4 is 15.9 Å². The largest absolute Gasteiger partial charge is 0.314 e. The Morgan fingerprint density at radius 1 is 1.19 bits per heavy atom. The van der Waals surface area contributed by atoms with Crippen molar-refractivity contribution in [2.45, 2.75) is 44.1 Å². The van der Waals surface area contributed by atoms with E-state index >= 15 is 0 Å². The summed E-state index contributed by atoms with van der Waals surface area (Å²) in [5.74, 6) is 1.70. The molecule has 3 heteroatoms. The molecule has 1 aromatic rings. The quantitative estimate of drug-likeness (QED) is 0.862. The molecule has 1 saturated carbocycles.